The predicted molar refractivity (Wildman–Crippen MR) is 117 cm³/mol. The molecule has 0 aliphatic rings. The molecule has 0 aliphatic heterocycles. The van der Waals surface area contributed by atoms with Crippen molar-refractivity contribution in [2.45, 2.75) is 6.10 Å². The van der Waals surface area contributed by atoms with E-state index in [1.54, 1.807) is 47.4 Å². The van der Waals surface area contributed by atoms with Gasteiger partial charge in [-0.1, -0.05) is 30.3 Å². The second kappa shape index (κ2) is 9.33. The number of aromatic nitrogens is 3. The van der Waals surface area contributed by atoms with Crippen LogP contribution in [0.2, 0.25) is 0 Å². The Bertz CT molecular complexity index is 1160. The Morgan fingerprint density at radius 1 is 0.968 bits per heavy atom. The number of hydrogen-bond acceptors (Lipinski definition) is 6. The fraction of sp³-hybridized carbons (Fsp3) is 0.0909. The molecule has 2 amide bonds. The Morgan fingerprint density at radius 3 is 2.35 bits per heavy atom. The van der Waals surface area contributed by atoms with Gasteiger partial charge in [0, 0.05) is 12.2 Å². The molecule has 156 valence electrons. The lowest BCUT2D eigenvalue weighted by Gasteiger charge is -2.11. The zero-order chi connectivity index (χ0) is 21.6. The van der Waals surface area contributed by atoms with Gasteiger partial charge >= 0.3 is 0 Å². The SMILES string of the molecule is O=C(NC[C@H](O)c1ccccc1)c1ccc(C(=O)Nc2ccc(-n3cncn3)cc2)s1. The molecule has 0 saturated heterocycles. The van der Waals surface area contributed by atoms with Crippen molar-refractivity contribution in [3.8, 4) is 5.69 Å². The van der Waals surface area contributed by atoms with Crippen LogP contribution in [0.4, 0.5) is 5.69 Å². The van der Waals surface area contributed by atoms with E-state index in [2.05, 4.69) is 20.7 Å². The summed E-state index contributed by atoms with van der Waals surface area (Å²) in [6.07, 6.45) is 2.24. The van der Waals surface area contributed by atoms with Crippen LogP contribution >= 0.6 is 11.3 Å². The van der Waals surface area contributed by atoms with Crippen LogP contribution in [0.5, 0.6) is 0 Å². The van der Waals surface area contributed by atoms with E-state index in [0.29, 0.717) is 15.4 Å². The highest BCUT2D eigenvalue weighted by molar-refractivity contribution is 7.16. The van der Waals surface area contributed by atoms with Crippen molar-refractivity contribution >= 4 is 28.8 Å². The number of thiophene rings is 1. The maximum Gasteiger partial charge on any atom is 0.265 e. The van der Waals surface area contributed by atoms with Gasteiger partial charge in [0.05, 0.1) is 21.5 Å². The van der Waals surface area contributed by atoms with Gasteiger partial charge in [0.15, 0.2) is 0 Å². The summed E-state index contributed by atoms with van der Waals surface area (Å²) in [6, 6.07) is 19.5. The normalized spacial score (nSPS) is 11.6. The molecule has 1 atom stereocenters. The second-order valence-corrected chi connectivity index (χ2v) is 7.73. The lowest BCUT2D eigenvalue weighted by atomic mass is 10.1. The molecule has 0 saturated carbocycles. The first-order valence-corrected chi connectivity index (χ1v) is 10.3. The number of rotatable bonds is 7. The minimum atomic E-state index is -0.798. The van der Waals surface area contributed by atoms with Crippen molar-refractivity contribution in [3.05, 3.63) is 94.7 Å². The molecule has 2 heterocycles. The van der Waals surface area contributed by atoms with E-state index >= 15 is 0 Å². The van der Waals surface area contributed by atoms with Gasteiger partial charge in [-0.25, -0.2) is 9.67 Å². The highest BCUT2D eigenvalue weighted by Gasteiger charge is 2.15. The van der Waals surface area contributed by atoms with Gasteiger partial charge in [0.1, 0.15) is 12.7 Å². The third-order valence-electron chi connectivity index (χ3n) is 4.50. The van der Waals surface area contributed by atoms with Gasteiger partial charge in [0.25, 0.3) is 11.8 Å². The van der Waals surface area contributed by atoms with Crippen LogP contribution in [0.25, 0.3) is 5.69 Å². The van der Waals surface area contributed by atoms with E-state index in [4.69, 9.17) is 0 Å². The molecule has 4 aromatic rings. The number of anilines is 1. The Hall–Kier alpha value is -3.82. The van der Waals surface area contributed by atoms with Crippen molar-refractivity contribution < 1.29 is 14.7 Å². The average Bonchev–Trinajstić information content (AvgIpc) is 3.51. The van der Waals surface area contributed by atoms with Crippen molar-refractivity contribution in [2.24, 2.45) is 0 Å². The molecule has 0 unspecified atom stereocenters. The van der Waals surface area contributed by atoms with Crippen LogP contribution in [0.3, 0.4) is 0 Å². The number of aliphatic hydroxyl groups is 1. The Kier molecular flexibility index (Phi) is 6.16. The fourth-order valence-corrected chi connectivity index (χ4v) is 3.70. The predicted octanol–water partition coefficient (Wildman–Crippen LogP) is 3.04. The molecule has 4 rings (SSSR count). The van der Waals surface area contributed by atoms with Crippen molar-refractivity contribution in [1.82, 2.24) is 20.1 Å². The number of hydrogen-bond donors (Lipinski definition) is 3. The summed E-state index contributed by atoms with van der Waals surface area (Å²) >= 11 is 1.09. The van der Waals surface area contributed by atoms with E-state index in [1.807, 2.05) is 30.3 Å². The quantitative estimate of drug-likeness (QED) is 0.415. The lowest BCUT2D eigenvalue weighted by Crippen LogP contribution is -2.27. The van der Waals surface area contributed by atoms with Crippen LogP contribution in [-0.4, -0.2) is 38.2 Å². The maximum atomic E-state index is 12.5. The smallest absolute Gasteiger partial charge is 0.265 e. The number of nitrogens with zero attached hydrogens (tertiary/aromatic N) is 3. The third kappa shape index (κ3) is 5.03. The van der Waals surface area contributed by atoms with Gasteiger partial charge in [-0.2, -0.15) is 5.10 Å². The average molecular weight is 433 g/mol. The Morgan fingerprint density at radius 2 is 1.68 bits per heavy atom. The Balaban J connectivity index is 1.33. The molecule has 0 radical (unpaired) electrons. The monoisotopic (exact) mass is 433 g/mol. The van der Waals surface area contributed by atoms with Crippen molar-refractivity contribution in [3.63, 3.8) is 0 Å². The number of nitrogens with one attached hydrogen (secondary N) is 2. The summed E-state index contributed by atoms with van der Waals surface area (Å²) in [5, 5.41) is 19.7. The fourth-order valence-electron chi connectivity index (χ4n) is 2.88. The first-order chi connectivity index (χ1) is 15.1. The van der Waals surface area contributed by atoms with Crippen LogP contribution in [-0.2, 0) is 0 Å². The first-order valence-electron chi connectivity index (χ1n) is 9.47. The van der Waals surface area contributed by atoms with E-state index in [0.717, 1.165) is 22.6 Å². The van der Waals surface area contributed by atoms with Crippen molar-refractivity contribution in [2.75, 3.05) is 11.9 Å². The number of aliphatic hydroxyl groups excluding tert-OH is 1. The minimum absolute atomic E-state index is 0.0837. The third-order valence-corrected chi connectivity index (χ3v) is 5.59. The van der Waals surface area contributed by atoms with E-state index in [9.17, 15) is 14.7 Å². The summed E-state index contributed by atoms with van der Waals surface area (Å²) in [6.45, 7) is 0.0837. The van der Waals surface area contributed by atoms with E-state index < -0.39 is 6.10 Å². The summed E-state index contributed by atoms with van der Waals surface area (Å²) in [5.41, 5.74) is 2.17. The molecule has 9 heteroatoms. The zero-order valence-corrected chi connectivity index (χ0v) is 17.1. The highest BCUT2D eigenvalue weighted by Crippen LogP contribution is 2.20. The largest absolute Gasteiger partial charge is 0.387 e. The highest BCUT2D eigenvalue weighted by atomic mass is 32.1. The summed E-state index contributed by atoms with van der Waals surface area (Å²) in [4.78, 5) is 29.6. The van der Waals surface area contributed by atoms with E-state index in [-0.39, 0.29) is 18.4 Å². The summed E-state index contributed by atoms with van der Waals surface area (Å²) < 4.78 is 1.62. The van der Waals surface area contributed by atoms with E-state index in [1.165, 1.54) is 6.33 Å². The molecule has 0 fully saturated rings. The van der Waals surface area contributed by atoms with Gasteiger partial charge in [0.2, 0.25) is 0 Å². The first kappa shape index (κ1) is 20.5. The maximum absolute atomic E-state index is 12.5. The molecule has 3 N–H and O–H groups in total. The molecule has 2 aromatic heterocycles. The van der Waals surface area contributed by atoms with Crippen LogP contribution < -0.4 is 10.6 Å². The molecule has 0 spiro atoms. The second-order valence-electron chi connectivity index (χ2n) is 6.64. The van der Waals surface area contributed by atoms with Gasteiger partial charge in [-0.15, -0.1) is 11.3 Å². The zero-order valence-electron chi connectivity index (χ0n) is 16.3. The number of carbonyl (C=O) groups is 2. The van der Waals surface area contributed by atoms with Crippen LogP contribution in [0.15, 0.2) is 79.4 Å². The standard InChI is InChI=1S/C22H19N5O3S/c28-18(15-4-2-1-3-5-15)12-24-21(29)19-10-11-20(31-19)22(30)26-16-6-8-17(9-7-16)27-14-23-13-25-27/h1-11,13-14,18,28H,12H2,(H,24,29)(H,26,30)/t18-/m0/s1. The molecular weight excluding hydrogens is 414 g/mol. The van der Waals surface area contributed by atoms with Crippen molar-refractivity contribution in [1.29, 1.82) is 0 Å². The summed E-state index contributed by atoms with van der Waals surface area (Å²) in [5.74, 6) is -0.641. The van der Waals surface area contributed by atoms with Gasteiger partial charge in [-0.3, -0.25) is 9.59 Å². The van der Waals surface area contributed by atoms with Gasteiger partial charge in [-0.05, 0) is 42.0 Å². The molecule has 0 aliphatic carbocycles. The molecule has 2 aromatic carbocycles. The molecule has 8 nitrogen and oxygen atoms in total. The topological polar surface area (TPSA) is 109 Å². The molecular formula is C22H19N5O3S. The molecule has 31 heavy (non-hydrogen) atoms. The summed E-state index contributed by atoms with van der Waals surface area (Å²) in [7, 11) is 0. The number of benzene rings is 2. The van der Waals surface area contributed by atoms with Crippen LogP contribution in [0, 0.1) is 0 Å². The van der Waals surface area contributed by atoms with Gasteiger partial charge < -0.3 is 15.7 Å². The molecule has 0 bridgehead atoms. The number of amides is 2. The van der Waals surface area contributed by atoms with Crippen LogP contribution in [0.1, 0.15) is 31.0 Å². The lowest BCUT2D eigenvalue weighted by molar-refractivity contribution is 0.0920. The Labute approximate surface area is 182 Å². The minimum Gasteiger partial charge on any atom is -0.387 e. The number of carbonyl (C=O) groups excluding carboxylic acids is 2.